The Bertz CT molecular complexity index is 723. The number of aromatic nitrogens is 2. The zero-order valence-electron chi connectivity index (χ0n) is 9.21. The Morgan fingerprint density at radius 3 is 2.39 bits per heavy atom. The average Bonchev–Trinajstić information content (AvgIpc) is 2.37. The maximum absolute atomic E-state index is 11.9. The van der Waals surface area contributed by atoms with Gasteiger partial charge in [0.05, 0.1) is 6.07 Å². The quantitative estimate of drug-likeness (QED) is 0.785. The second-order valence-corrected chi connectivity index (χ2v) is 4.46. The predicted octanol–water partition coefficient (Wildman–Crippen LogP) is 1.29. The molecule has 0 spiro atoms. The van der Waals surface area contributed by atoms with Crippen LogP contribution in [-0.2, 0) is 6.54 Å². The van der Waals surface area contributed by atoms with E-state index in [9.17, 15) is 9.59 Å². The van der Waals surface area contributed by atoms with Gasteiger partial charge in [0.15, 0.2) is 0 Å². The molecule has 0 saturated carbocycles. The van der Waals surface area contributed by atoms with Crippen molar-refractivity contribution in [1.29, 1.82) is 5.26 Å². The number of nitrogens with zero attached hydrogens (tertiary/aromatic N) is 3. The molecule has 0 aliphatic carbocycles. The largest absolute Gasteiger partial charge is 0.321 e. The van der Waals surface area contributed by atoms with Gasteiger partial charge in [-0.15, -0.1) is 0 Å². The van der Waals surface area contributed by atoms with Crippen LogP contribution in [0.2, 0.25) is 0 Å². The maximum Gasteiger partial charge on any atom is 0.321 e. The zero-order chi connectivity index (χ0) is 13.1. The Labute approximate surface area is 111 Å². The van der Waals surface area contributed by atoms with E-state index in [1.807, 2.05) is 6.07 Å². The molecule has 2 rings (SSSR count). The van der Waals surface area contributed by atoms with Gasteiger partial charge in [-0.3, -0.25) is 18.7 Å². The van der Waals surface area contributed by atoms with Gasteiger partial charge in [-0.25, -0.2) is 0 Å². The first-order valence-electron chi connectivity index (χ1n) is 5.08. The van der Waals surface area contributed by atoms with Gasteiger partial charge >= 0.3 is 11.1 Å². The van der Waals surface area contributed by atoms with Crippen molar-refractivity contribution in [2.24, 2.45) is 0 Å². The van der Waals surface area contributed by atoms with Gasteiger partial charge in [-0.05, 0) is 24.3 Å². The molecule has 0 saturated heterocycles. The minimum atomic E-state index is -0.707. The molecule has 2 aromatic rings. The van der Waals surface area contributed by atoms with Crippen molar-refractivity contribution >= 4 is 15.9 Å². The summed E-state index contributed by atoms with van der Waals surface area (Å²) in [5.41, 5.74) is -0.776. The second kappa shape index (κ2) is 5.02. The van der Waals surface area contributed by atoms with Crippen LogP contribution in [0.1, 0.15) is 0 Å². The predicted molar refractivity (Wildman–Crippen MR) is 69.6 cm³/mol. The van der Waals surface area contributed by atoms with Crippen LogP contribution in [0.5, 0.6) is 0 Å². The molecule has 0 bridgehead atoms. The standard InChI is InChI=1S/C12H8BrN3O2/c13-9-1-3-10(4-2-9)16-8-7-15(6-5-14)11(17)12(16)18/h1-4,7-8H,6H2. The maximum atomic E-state index is 11.9. The lowest BCUT2D eigenvalue weighted by molar-refractivity contribution is 0.739. The lowest BCUT2D eigenvalue weighted by Gasteiger charge is -2.06. The molecular weight excluding hydrogens is 298 g/mol. The summed E-state index contributed by atoms with van der Waals surface area (Å²) in [5, 5.41) is 8.53. The molecule has 0 radical (unpaired) electrons. The van der Waals surface area contributed by atoms with Crippen LogP contribution in [0.3, 0.4) is 0 Å². The fraction of sp³-hybridized carbons (Fsp3) is 0.0833. The molecule has 0 N–H and O–H groups in total. The average molecular weight is 306 g/mol. The fourth-order valence-electron chi connectivity index (χ4n) is 1.51. The van der Waals surface area contributed by atoms with Gasteiger partial charge in [-0.1, -0.05) is 15.9 Å². The number of hydrogen-bond acceptors (Lipinski definition) is 3. The third kappa shape index (κ3) is 2.26. The van der Waals surface area contributed by atoms with E-state index >= 15 is 0 Å². The molecular formula is C12H8BrN3O2. The van der Waals surface area contributed by atoms with Crippen LogP contribution in [0.15, 0.2) is 50.7 Å². The van der Waals surface area contributed by atoms with Crippen LogP contribution >= 0.6 is 15.9 Å². The summed E-state index contributed by atoms with van der Waals surface area (Å²) in [4.78, 5) is 23.5. The number of nitriles is 1. The molecule has 90 valence electrons. The Balaban J connectivity index is 2.58. The lowest BCUT2D eigenvalue weighted by atomic mass is 10.3. The fourth-order valence-corrected chi connectivity index (χ4v) is 1.78. The van der Waals surface area contributed by atoms with E-state index in [0.29, 0.717) is 5.69 Å². The van der Waals surface area contributed by atoms with Gasteiger partial charge in [0.25, 0.3) is 0 Å². The highest BCUT2D eigenvalue weighted by atomic mass is 79.9. The first kappa shape index (κ1) is 12.3. The Kier molecular flexibility index (Phi) is 3.44. The SMILES string of the molecule is N#CCn1ccn(-c2ccc(Br)cc2)c(=O)c1=O. The first-order chi connectivity index (χ1) is 8.63. The molecule has 0 atom stereocenters. The zero-order valence-corrected chi connectivity index (χ0v) is 10.8. The van der Waals surface area contributed by atoms with Crippen molar-refractivity contribution in [1.82, 2.24) is 9.13 Å². The molecule has 1 aromatic carbocycles. The number of rotatable bonds is 2. The molecule has 6 heteroatoms. The Morgan fingerprint density at radius 2 is 1.78 bits per heavy atom. The first-order valence-corrected chi connectivity index (χ1v) is 5.88. The molecule has 1 aromatic heterocycles. The van der Waals surface area contributed by atoms with Crippen molar-refractivity contribution in [2.75, 3.05) is 0 Å². The van der Waals surface area contributed by atoms with E-state index in [2.05, 4.69) is 15.9 Å². The molecule has 18 heavy (non-hydrogen) atoms. The Hall–Kier alpha value is -2.13. The van der Waals surface area contributed by atoms with Gasteiger partial charge in [0.2, 0.25) is 0 Å². The second-order valence-electron chi connectivity index (χ2n) is 3.54. The van der Waals surface area contributed by atoms with Crippen LogP contribution in [0, 0.1) is 11.3 Å². The van der Waals surface area contributed by atoms with E-state index in [-0.39, 0.29) is 6.54 Å². The van der Waals surface area contributed by atoms with Crippen molar-refractivity contribution in [3.63, 3.8) is 0 Å². The molecule has 5 nitrogen and oxygen atoms in total. The van der Waals surface area contributed by atoms with Crippen LogP contribution in [0.4, 0.5) is 0 Å². The summed E-state index contributed by atoms with van der Waals surface area (Å²) < 4.78 is 3.22. The molecule has 0 aliphatic rings. The third-order valence-corrected chi connectivity index (χ3v) is 2.93. The summed E-state index contributed by atoms with van der Waals surface area (Å²) in [5.74, 6) is 0. The summed E-state index contributed by atoms with van der Waals surface area (Å²) >= 11 is 3.29. The van der Waals surface area contributed by atoms with Crippen LogP contribution in [-0.4, -0.2) is 9.13 Å². The summed E-state index contributed by atoms with van der Waals surface area (Å²) in [6.45, 7) is -0.130. The molecule has 0 unspecified atom stereocenters. The van der Waals surface area contributed by atoms with Crippen molar-refractivity contribution < 1.29 is 0 Å². The topological polar surface area (TPSA) is 67.8 Å². The third-order valence-electron chi connectivity index (χ3n) is 2.40. The highest BCUT2D eigenvalue weighted by Gasteiger charge is 2.05. The highest BCUT2D eigenvalue weighted by molar-refractivity contribution is 9.10. The van der Waals surface area contributed by atoms with E-state index in [1.54, 1.807) is 24.3 Å². The number of halogens is 1. The smallest absolute Gasteiger partial charge is 0.295 e. The highest BCUT2D eigenvalue weighted by Crippen LogP contribution is 2.12. The van der Waals surface area contributed by atoms with Crippen LogP contribution in [0.25, 0.3) is 5.69 Å². The molecule has 0 fully saturated rings. The van der Waals surface area contributed by atoms with Gasteiger partial charge in [-0.2, -0.15) is 5.26 Å². The number of hydrogen-bond donors (Lipinski definition) is 0. The Morgan fingerprint density at radius 1 is 1.11 bits per heavy atom. The van der Waals surface area contributed by atoms with Gasteiger partial charge in [0.1, 0.15) is 6.54 Å². The molecule has 0 amide bonds. The monoisotopic (exact) mass is 305 g/mol. The normalized spacial score (nSPS) is 10.0. The summed E-state index contributed by atoms with van der Waals surface area (Å²) in [6, 6.07) is 8.83. The van der Waals surface area contributed by atoms with E-state index in [0.717, 1.165) is 9.04 Å². The van der Waals surface area contributed by atoms with Crippen LogP contribution < -0.4 is 11.1 Å². The summed E-state index contributed by atoms with van der Waals surface area (Å²) in [6.07, 6.45) is 2.90. The van der Waals surface area contributed by atoms with Crippen molar-refractivity contribution in [3.05, 3.63) is 61.8 Å². The van der Waals surface area contributed by atoms with E-state index in [4.69, 9.17) is 5.26 Å². The summed E-state index contributed by atoms with van der Waals surface area (Å²) in [7, 11) is 0. The van der Waals surface area contributed by atoms with Crippen molar-refractivity contribution in [2.45, 2.75) is 6.54 Å². The molecule has 1 heterocycles. The van der Waals surface area contributed by atoms with E-state index in [1.165, 1.54) is 17.0 Å². The van der Waals surface area contributed by atoms with E-state index < -0.39 is 11.1 Å². The minimum absolute atomic E-state index is 0.130. The van der Waals surface area contributed by atoms with Gasteiger partial charge < -0.3 is 0 Å². The molecule has 0 aliphatic heterocycles. The number of benzene rings is 1. The minimum Gasteiger partial charge on any atom is -0.295 e. The van der Waals surface area contributed by atoms with Gasteiger partial charge in [0, 0.05) is 22.6 Å². The van der Waals surface area contributed by atoms with Crippen molar-refractivity contribution in [3.8, 4) is 11.8 Å². The lowest BCUT2D eigenvalue weighted by Crippen LogP contribution is -2.39.